The second kappa shape index (κ2) is 23.1. The van der Waals surface area contributed by atoms with Gasteiger partial charge in [0, 0.05) is 30.4 Å². The summed E-state index contributed by atoms with van der Waals surface area (Å²) in [6.45, 7) is 2.95. The van der Waals surface area contributed by atoms with Crippen LogP contribution in [0.15, 0.2) is 60.7 Å². The molecule has 0 spiro atoms. The van der Waals surface area contributed by atoms with Gasteiger partial charge in [-0.3, -0.25) is 0 Å². The van der Waals surface area contributed by atoms with E-state index in [1.165, 1.54) is 96.3 Å². The number of para-hydroxylation sites is 2. The van der Waals surface area contributed by atoms with E-state index in [1.807, 2.05) is 48.5 Å². The van der Waals surface area contributed by atoms with Gasteiger partial charge >= 0.3 is 12.1 Å². The third kappa shape index (κ3) is 16.0. The van der Waals surface area contributed by atoms with E-state index in [2.05, 4.69) is 40.3 Å². The Hall–Kier alpha value is -3.28. The van der Waals surface area contributed by atoms with Gasteiger partial charge in [-0.05, 0) is 68.2 Å². The van der Waals surface area contributed by atoms with Crippen molar-refractivity contribution in [3.8, 4) is 0 Å². The maximum absolute atomic E-state index is 12.7. The third-order valence-electron chi connectivity index (χ3n) is 8.83. The molecule has 6 heteroatoms. The topological polar surface area (TPSA) is 82.3 Å². The monoisotopic (exact) mass is 616 g/mol. The van der Waals surface area contributed by atoms with E-state index >= 15 is 0 Å². The average Bonchev–Trinajstić information content (AvgIpc) is 3.05. The van der Waals surface area contributed by atoms with Crippen molar-refractivity contribution >= 4 is 23.4 Å². The number of nitrogens with one attached hydrogen (secondary N) is 4. The van der Waals surface area contributed by atoms with Crippen LogP contribution in [0.25, 0.3) is 0 Å². The molecule has 0 aliphatic heterocycles. The summed E-state index contributed by atoms with van der Waals surface area (Å²) in [5.74, 6) is 0. The Morgan fingerprint density at radius 3 is 1.76 bits per heavy atom. The number of carbonyl (C=O) groups is 2. The molecule has 1 saturated carbocycles. The summed E-state index contributed by atoms with van der Waals surface area (Å²) in [5.41, 5.74) is 3.60. The number of hydrogen-bond donors (Lipinski definition) is 4. The second-order valence-electron chi connectivity index (χ2n) is 12.7. The number of hydrogen-bond acceptors (Lipinski definition) is 2. The number of benzene rings is 2. The zero-order valence-corrected chi connectivity index (χ0v) is 28.0. The number of carbonyl (C=O) groups excluding carboxylic acids is 2. The first kappa shape index (κ1) is 36.2. The number of amides is 4. The van der Waals surface area contributed by atoms with Crippen molar-refractivity contribution in [3.05, 3.63) is 71.8 Å². The van der Waals surface area contributed by atoms with Crippen molar-refractivity contribution in [3.63, 3.8) is 0 Å². The third-order valence-corrected chi connectivity index (χ3v) is 8.83. The molecule has 2 aromatic carbocycles. The number of unbranched alkanes of at least 4 members (excludes halogenated alkanes) is 12. The van der Waals surface area contributed by atoms with E-state index in [0.717, 1.165) is 48.2 Å². The normalized spacial score (nSPS) is 13.5. The quantitative estimate of drug-likeness (QED) is 0.0831. The first-order valence-corrected chi connectivity index (χ1v) is 18.1. The molecule has 45 heavy (non-hydrogen) atoms. The van der Waals surface area contributed by atoms with E-state index in [1.54, 1.807) is 0 Å². The summed E-state index contributed by atoms with van der Waals surface area (Å²) < 4.78 is 0. The highest BCUT2D eigenvalue weighted by Crippen LogP contribution is 2.24. The van der Waals surface area contributed by atoms with Gasteiger partial charge in [-0.1, -0.05) is 133 Å². The Bertz CT molecular complexity index is 1130. The highest BCUT2D eigenvalue weighted by atomic mass is 16.2. The molecule has 1 fully saturated rings. The molecule has 0 heterocycles. The molecule has 4 N–H and O–H groups in total. The fourth-order valence-corrected chi connectivity index (χ4v) is 6.13. The second-order valence-corrected chi connectivity index (χ2v) is 12.7. The lowest BCUT2D eigenvalue weighted by Crippen LogP contribution is -2.39. The van der Waals surface area contributed by atoms with Crippen LogP contribution in [0, 0.1) is 0 Å². The van der Waals surface area contributed by atoms with Gasteiger partial charge < -0.3 is 21.3 Å². The van der Waals surface area contributed by atoms with Crippen LogP contribution in [0.5, 0.6) is 0 Å². The van der Waals surface area contributed by atoms with Gasteiger partial charge in [-0.2, -0.15) is 0 Å². The molecule has 0 unspecified atom stereocenters. The molecule has 0 bridgehead atoms. The molecule has 1 aliphatic rings. The summed E-state index contributed by atoms with van der Waals surface area (Å²) in [4.78, 5) is 25.4. The lowest BCUT2D eigenvalue weighted by atomic mass is 9.96. The summed E-state index contributed by atoms with van der Waals surface area (Å²) in [6.07, 6.45) is 28.9. The Labute approximate surface area is 273 Å². The van der Waals surface area contributed by atoms with E-state index in [0.29, 0.717) is 13.0 Å². The smallest absolute Gasteiger partial charge is 0.319 e. The lowest BCUT2D eigenvalue weighted by Gasteiger charge is -2.23. The zero-order valence-electron chi connectivity index (χ0n) is 28.0. The van der Waals surface area contributed by atoms with E-state index in [-0.39, 0.29) is 18.1 Å². The molecule has 6 nitrogen and oxygen atoms in total. The van der Waals surface area contributed by atoms with Gasteiger partial charge in [0.15, 0.2) is 0 Å². The number of allylic oxidation sites excluding steroid dienone is 2. The van der Waals surface area contributed by atoms with E-state index in [9.17, 15) is 9.59 Å². The minimum atomic E-state index is -0.173. The van der Waals surface area contributed by atoms with Crippen LogP contribution < -0.4 is 21.3 Å². The summed E-state index contributed by atoms with van der Waals surface area (Å²) >= 11 is 0. The molecule has 248 valence electrons. The fraction of sp³-hybridized carbons (Fsp3) is 0.590. The summed E-state index contributed by atoms with van der Waals surface area (Å²) in [7, 11) is 0. The minimum Gasteiger partial charge on any atom is -0.338 e. The molecule has 1 aliphatic carbocycles. The summed E-state index contributed by atoms with van der Waals surface area (Å²) in [6, 6.07) is 15.7. The van der Waals surface area contributed by atoms with Gasteiger partial charge in [-0.25, -0.2) is 9.59 Å². The molecule has 0 atom stereocenters. The maximum atomic E-state index is 12.7. The maximum Gasteiger partial charge on any atom is 0.319 e. The summed E-state index contributed by atoms with van der Waals surface area (Å²) in [5, 5.41) is 12.3. The Balaban J connectivity index is 1.28. The van der Waals surface area contributed by atoms with Gasteiger partial charge in [0.1, 0.15) is 0 Å². The molecular formula is C39H60N4O2. The number of rotatable bonds is 21. The fourth-order valence-electron chi connectivity index (χ4n) is 6.13. The molecule has 3 rings (SSSR count). The highest BCUT2D eigenvalue weighted by molar-refractivity contribution is 5.91. The van der Waals surface area contributed by atoms with Gasteiger partial charge in [0.05, 0.1) is 0 Å². The highest BCUT2D eigenvalue weighted by Gasteiger charge is 2.17. The van der Waals surface area contributed by atoms with Crippen molar-refractivity contribution in [2.75, 3.05) is 17.2 Å². The van der Waals surface area contributed by atoms with Gasteiger partial charge in [-0.15, -0.1) is 0 Å². The van der Waals surface area contributed by atoms with Gasteiger partial charge in [0.2, 0.25) is 0 Å². The molecule has 0 saturated heterocycles. The number of urea groups is 2. The Morgan fingerprint density at radius 1 is 0.644 bits per heavy atom. The molecule has 0 aromatic heterocycles. The molecule has 0 radical (unpaired) electrons. The lowest BCUT2D eigenvalue weighted by molar-refractivity contribution is 0.244. The van der Waals surface area contributed by atoms with Crippen LogP contribution in [0.4, 0.5) is 21.0 Å². The predicted octanol–water partition coefficient (Wildman–Crippen LogP) is 10.9. The first-order chi connectivity index (χ1) is 22.2. The molecule has 2 aromatic rings. The van der Waals surface area contributed by atoms with Crippen molar-refractivity contribution in [1.82, 2.24) is 10.6 Å². The molecule has 4 amide bonds. The van der Waals surface area contributed by atoms with Crippen LogP contribution in [-0.2, 0) is 6.42 Å². The van der Waals surface area contributed by atoms with E-state index < -0.39 is 0 Å². The van der Waals surface area contributed by atoms with Crippen LogP contribution >= 0.6 is 0 Å². The van der Waals surface area contributed by atoms with Crippen LogP contribution in [-0.4, -0.2) is 24.6 Å². The Morgan fingerprint density at radius 2 is 1.16 bits per heavy atom. The van der Waals surface area contributed by atoms with Crippen molar-refractivity contribution in [2.24, 2.45) is 0 Å². The predicted molar refractivity (Wildman–Crippen MR) is 191 cm³/mol. The van der Waals surface area contributed by atoms with Gasteiger partial charge in [0.25, 0.3) is 0 Å². The first-order valence-electron chi connectivity index (χ1n) is 18.1. The van der Waals surface area contributed by atoms with E-state index in [4.69, 9.17) is 0 Å². The van der Waals surface area contributed by atoms with Crippen molar-refractivity contribution in [1.29, 1.82) is 0 Å². The number of anilines is 2. The van der Waals surface area contributed by atoms with Crippen LogP contribution in [0.1, 0.15) is 140 Å². The largest absolute Gasteiger partial charge is 0.338 e. The van der Waals surface area contributed by atoms with Crippen LogP contribution in [0.3, 0.4) is 0 Å². The standard InChI is InChI=1S/C39H60N4O2/c1-2-3-4-5-6-7-8-9-10-11-12-13-14-15-16-24-31-40-38(44)42-36-29-22-20-25-33(36)32-34-26-21-23-30-37(34)43-39(45)41-35-27-18-17-19-28-35/h9-10,20-23,25-26,29-30,35H,2-8,11-19,24,27-28,31-32H2,1H3,(H2,40,42,44)(H2,41,43,45)/b10-9+. The SMILES string of the molecule is CCCCCCCC/C=C/CCCCCCCCNC(=O)Nc1ccccc1Cc1ccccc1NC(=O)NC1CCCCC1. The average molecular weight is 617 g/mol. The Kier molecular flexibility index (Phi) is 18.6. The minimum absolute atomic E-state index is 0.147. The van der Waals surface area contributed by atoms with Crippen molar-refractivity contribution in [2.45, 2.75) is 141 Å². The zero-order chi connectivity index (χ0) is 31.8. The van der Waals surface area contributed by atoms with Crippen molar-refractivity contribution < 1.29 is 9.59 Å². The molecular weight excluding hydrogens is 556 g/mol. The van der Waals surface area contributed by atoms with Crippen LogP contribution in [0.2, 0.25) is 0 Å².